The third-order valence-corrected chi connectivity index (χ3v) is 2.04. The van der Waals surface area contributed by atoms with E-state index < -0.39 is 6.29 Å². The average Bonchev–Trinajstić information content (AvgIpc) is 2.34. The van der Waals surface area contributed by atoms with Gasteiger partial charge in [-0.3, -0.25) is 0 Å². The third-order valence-electron chi connectivity index (χ3n) is 2.04. The zero-order chi connectivity index (χ0) is 12.7. The van der Waals surface area contributed by atoms with E-state index in [-0.39, 0.29) is 5.69 Å². The summed E-state index contributed by atoms with van der Waals surface area (Å²) in [6.07, 6.45) is 2.17. The first-order valence-corrected chi connectivity index (χ1v) is 4.62. The van der Waals surface area contributed by atoms with E-state index in [4.69, 9.17) is 9.47 Å². The van der Waals surface area contributed by atoms with E-state index in [1.165, 1.54) is 32.4 Å². The van der Waals surface area contributed by atoms with Crippen LogP contribution in [0.25, 0.3) is 0 Å². The Balaban J connectivity index is 3.29. The van der Waals surface area contributed by atoms with Gasteiger partial charge in [0.1, 0.15) is 0 Å². The number of nitrogens with zero attached hydrogens (tertiary/aromatic N) is 2. The maximum absolute atomic E-state index is 10.3. The fraction of sp³-hybridized carbons (Fsp3) is 0.273. The van der Waals surface area contributed by atoms with Crippen molar-refractivity contribution >= 4 is 23.5 Å². The van der Waals surface area contributed by atoms with Gasteiger partial charge in [-0.05, 0) is 18.2 Å². The molecule has 17 heavy (non-hydrogen) atoms. The van der Waals surface area contributed by atoms with Crippen LogP contribution in [0.3, 0.4) is 0 Å². The van der Waals surface area contributed by atoms with Gasteiger partial charge in [0.05, 0.1) is 11.4 Å². The lowest BCUT2D eigenvalue weighted by molar-refractivity contribution is -0.105. The molecule has 0 heterocycles. The van der Waals surface area contributed by atoms with Crippen molar-refractivity contribution in [3.63, 3.8) is 0 Å². The molecule has 0 fully saturated rings. The van der Waals surface area contributed by atoms with Gasteiger partial charge in [0.2, 0.25) is 12.2 Å². The standard InChI is InChI=1S/C11H10N2O4/c1-16-11(17-2)9-4-3-8(12-6-14)5-10(9)13-7-15/h3-5,11H,1-2H3. The lowest BCUT2D eigenvalue weighted by Crippen LogP contribution is -2.03. The van der Waals surface area contributed by atoms with Crippen LogP contribution in [0.5, 0.6) is 0 Å². The molecule has 0 spiro atoms. The molecule has 0 radical (unpaired) electrons. The number of hydrogen-bond acceptors (Lipinski definition) is 6. The highest BCUT2D eigenvalue weighted by atomic mass is 16.7. The lowest BCUT2D eigenvalue weighted by atomic mass is 10.1. The quantitative estimate of drug-likeness (QED) is 0.443. The van der Waals surface area contributed by atoms with Crippen LogP contribution in [-0.4, -0.2) is 26.4 Å². The second-order valence-corrected chi connectivity index (χ2v) is 2.95. The molecule has 0 aromatic heterocycles. The number of benzene rings is 1. The van der Waals surface area contributed by atoms with Crippen LogP contribution in [0.2, 0.25) is 0 Å². The molecular formula is C11H10N2O4. The van der Waals surface area contributed by atoms with Gasteiger partial charge in [0.15, 0.2) is 6.29 Å². The molecule has 0 saturated heterocycles. The summed E-state index contributed by atoms with van der Waals surface area (Å²) in [5.74, 6) is 0. The number of isocyanates is 2. The van der Waals surface area contributed by atoms with Gasteiger partial charge in [-0.25, -0.2) is 9.59 Å². The second kappa shape index (κ2) is 6.48. The summed E-state index contributed by atoms with van der Waals surface area (Å²) in [6.45, 7) is 0. The van der Waals surface area contributed by atoms with Gasteiger partial charge in [-0.15, -0.1) is 0 Å². The first-order valence-electron chi connectivity index (χ1n) is 4.62. The smallest absolute Gasteiger partial charge is 0.240 e. The van der Waals surface area contributed by atoms with Gasteiger partial charge in [0.25, 0.3) is 0 Å². The fourth-order valence-electron chi connectivity index (χ4n) is 1.35. The highest BCUT2D eigenvalue weighted by Crippen LogP contribution is 2.31. The topological polar surface area (TPSA) is 77.3 Å². The molecule has 0 bridgehead atoms. The van der Waals surface area contributed by atoms with Crippen LogP contribution in [0, 0.1) is 0 Å². The number of aliphatic imine (C=N–C) groups is 2. The normalized spacial score (nSPS) is 9.59. The molecule has 1 aromatic rings. The van der Waals surface area contributed by atoms with E-state index in [0.717, 1.165) is 0 Å². The highest BCUT2D eigenvalue weighted by Gasteiger charge is 2.14. The fourth-order valence-corrected chi connectivity index (χ4v) is 1.35. The zero-order valence-corrected chi connectivity index (χ0v) is 9.34. The van der Waals surface area contributed by atoms with E-state index in [9.17, 15) is 9.59 Å². The minimum Gasteiger partial charge on any atom is -0.352 e. The maximum atomic E-state index is 10.3. The summed E-state index contributed by atoms with van der Waals surface area (Å²) in [6, 6.07) is 4.61. The summed E-state index contributed by atoms with van der Waals surface area (Å²) in [5, 5.41) is 0. The third kappa shape index (κ3) is 3.17. The minimum atomic E-state index is -0.656. The predicted octanol–water partition coefficient (Wildman–Crippen LogP) is 1.91. The van der Waals surface area contributed by atoms with E-state index >= 15 is 0 Å². The lowest BCUT2D eigenvalue weighted by Gasteiger charge is -2.15. The molecule has 0 atom stereocenters. The Bertz CT molecular complexity index is 484. The summed E-state index contributed by atoms with van der Waals surface area (Å²) >= 11 is 0. The van der Waals surface area contributed by atoms with Crippen LogP contribution < -0.4 is 0 Å². The summed E-state index contributed by atoms with van der Waals surface area (Å²) < 4.78 is 10.1. The Hall–Kier alpha value is -2.10. The summed E-state index contributed by atoms with van der Waals surface area (Å²) in [5.41, 5.74) is 1.16. The number of carbonyl (C=O) groups excluding carboxylic acids is 2. The van der Waals surface area contributed by atoms with Crippen LogP contribution in [0.1, 0.15) is 11.9 Å². The molecule has 0 amide bonds. The molecule has 1 aromatic carbocycles. The maximum Gasteiger partial charge on any atom is 0.240 e. The molecule has 0 N–H and O–H groups in total. The molecule has 0 aliphatic carbocycles. The van der Waals surface area contributed by atoms with Gasteiger partial charge < -0.3 is 9.47 Å². The first kappa shape index (κ1) is 13.0. The SMILES string of the molecule is COC(OC)c1ccc(N=C=O)cc1N=C=O. The van der Waals surface area contributed by atoms with Gasteiger partial charge in [-0.1, -0.05) is 0 Å². The van der Waals surface area contributed by atoms with Gasteiger partial charge >= 0.3 is 0 Å². The van der Waals surface area contributed by atoms with Gasteiger partial charge in [0, 0.05) is 19.8 Å². The molecule has 88 valence electrons. The molecule has 0 aliphatic rings. The van der Waals surface area contributed by atoms with Crippen molar-refractivity contribution in [3.8, 4) is 0 Å². The Labute approximate surface area is 97.6 Å². The summed E-state index contributed by atoms with van der Waals surface area (Å²) in [7, 11) is 2.92. The van der Waals surface area contributed by atoms with Crippen molar-refractivity contribution in [1.29, 1.82) is 0 Å². The second-order valence-electron chi connectivity index (χ2n) is 2.95. The monoisotopic (exact) mass is 234 g/mol. The first-order chi connectivity index (χ1) is 8.26. The Morgan fingerprint density at radius 1 is 1.12 bits per heavy atom. The van der Waals surface area contributed by atoms with E-state index in [0.29, 0.717) is 11.3 Å². The molecule has 0 aliphatic heterocycles. The molecule has 1 rings (SSSR count). The van der Waals surface area contributed by atoms with Crippen LogP contribution in [0.15, 0.2) is 28.2 Å². The minimum absolute atomic E-state index is 0.283. The number of rotatable bonds is 5. The number of ether oxygens (including phenoxy) is 2. The van der Waals surface area contributed by atoms with E-state index in [1.807, 2.05) is 0 Å². The molecular weight excluding hydrogens is 224 g/mol. The van der Waals surface area contributed by atoms with Crippen LogP contribution in [0.4, 0.5) is 11.4 Å². The zero-order valence-electron chi connectivity index (χ0n) is 9.34. The van der Waals surface area contributed by atoms with Crippen molar-refractivity contribution < 1.29 is 19.1 Å². The van der Waals surface area contributed by atoms with Crippen molar-refractivity contribution in [2.45, 2.75) is 6.29 Å². The molecule has 0 unspecified atom stereocenters. The number of methoxy groups -OCH3 is 2. The Morgan fingerprint density at radius 2 is 1.76 bits per heavy atom. The predicted molar refractivity (Wildman–Crippen MR) is 58.8 cm³/mol. The van der Waals surface area contributed by atoms with Gasteiger partial charge in [-0.2, -0.15) is 9.98 Å². The Morgan fingerprint density at radius 3 is 2.29 bits per heavy atom. The van der Waals surface area contributed by atoms with Crippen LogP contribution in [-0.2, 0) is 19.1 Å². The highest BCUT2D eigenvalue weighted by molar-refractivity contribution is 5.62. The molecule has 6 heteroatoms. The summed E-state index contributed by atoms with van der Waals surface area (Å²) in [4.78, 5) is 27.4. The van der Waals surface area contributed by atoms with Crippen molar-refractivity contribution in [2.75, 3.05) is 14.2 Å². The van der Waals surface area contributed by atoms with Crippen molar-refractivity contribution in [1.82, 2.24) is 0 Å². The number of hydrogen-bond donors (Lipinski definition) is 0. The van der Waals surface area contributed by atoms with E-state index in [2.05, 4.69) is 9.98 Å². The van der Waals surface area contributed by atoms with Crippen molar-refractivity contribution in [2.24, 2.45) is 9.98 Å². The van der Waals surface area contributed by atoms with Crippen LogP contribution >= 0.6 is 0 Å². The van der Waals surface area contributed by atoms with E-state index in [1.54, 1.807) is 12.1 Å². The van der Waals surface area contributed by atoms with Crippen molar-refractivity contribution in [3.05, 3.63) is 23.8 Å². The molecule has 6 nitrogen and oxygen atoms in total. The Kier molecular flexibility index (Phi) is 4.94. The average molecular weight is 234 g/mol. The molecule has 0 saturated carbocycles. The largest absolute Gasteiger partial charge is 0.352 e.